The van der Waals surface area contributed by atoms with E-state index in [1.165, 1.54) is 12.6 Å². The van der Waals surface area contributed by atoms with E-state index < -0.39 is 8.07 Å². The first-order chi connectivity index (χ1) is 9.79. The summed E-state index contributed by atoms with van der Waals surface area (Å²) in [7, 11) is 7.26. The molecule has 0 unspecified atom stereocenters. The van der Waals surface area contributed by atoms with Crippen molar-refractivity contribution in [3.05, 3.63) is 0 Å². The average Bonchev–Trinajstić information content (AvgIpc) is 2.06. The van der Waals surface area contributed by atoms with Crippen LogP contribution in [0.15, 0.2) is 0 Å². The van der Waals surface area contributed by atoms with Crippen molar-refractivity contribution in [2.75, 3.05) is 41.3 Å². The molecule has 4 heteroatoms. The van der Waals surface area contributed by atoms with Crippen LogP contribution >= 0.6 is 0 Å². The number of rotatable bonds is 6. The van der Waals surface area contributed by atoms with Gasteiger partial charge in [-0.05, 0) is 52.5 Å². The minimum Gasteiger partial charge on any atom is -0.324 e. The molecule has 0 aromatic carbocycles. The molecule has 0 aliphatic rings. The van der Waals surface area contributed by atoms with Gasteiger partial charge in [0.25, 0.3) is 0 Å². The predicted octanol–water partition coefficient (Wildman–Crippen LogP) is 4.37. The lowest BCUT2D eigenvalue weighted by atomic mass is 9.96. The Morgan fingerprint density at radius 1 is 0.739 bits per heavy atom. The van der Waals surface area contributed by atoms with Crippen molar-refractivity contribution in [1.29, 1.82) is 0 Å². The minimum atomic E-state index is -1.13. The quantitative estimate of drug-likeness (QED) is 0.726. The van der Waals surface area contributed by atoms with E-state index in [4.69, 9.17) is 5.73 Å². The highest BCUT2D eigenvalue weighted by atomic mass is 28.3. The summed E-state index contributed by atoms with van der Waals surface area (Å²) in [6.45, 7) is 23.3. The number of likely N-dealkylation sites (N-methyl/N-ethyl adjacent to an activating group) is 1. The molecule has 0 saturated carbocycles. The average molecular weight is 346 g/mol. The third-order valence-electron chi connectivity index (χ3n) is 4.42. The highest BCUT2D eigenvalue weighted by Gasteiger charge is 2.39. The van der Waals surface area contributed by atoms with Crippen LogP contribution in [0.3, 0.4) is 0 Å². The summed E-state index contributed by atoms with van der Waals surface area (Å²) in [6.07, 6.45) is 0. The molecule has 0 aromatic heterocycles. The molecule has 0 saturated heterocycles. The summed E-state index contributed by atoms with van der Waals surface area (Å²) in [6, 6.07) is 1.40. The smallest absolute Gasteiger partial charge is 0.0533 e. The van der Waals surface area contributed by atoms with Crippen LogP contribution in [0.2, 0.25) is 24.2 Å². The van der Waals surface area contributed by atoms with Crippen LogP contribution < -0.4 is 5.73 Å². The highest BCUT2D eigenvalue weighted by Crippen LogP contribution is 2.43. The van der Waals surface area contributed by atoms with Gasteiger partial charge in [0, 0.05) is 18.6 Å². The van der Waals surface area contributed by atoms with Crippen LogP contribution in [0.4, 0.5) is 0 Å². The number of nitrogens with zero attached hydrogens (tertiary/aromatic N) is 2. The van der Waals surface area contributed by atoms with Crippen molar-refractivity contribution >= 4 is 8.07 Å². The van der Waals surface area contributed by atoms with E-state index in [2.05, 4.69) is 71.6 Å². The van der Waals surface area contributed by atoms with Crippen molar-refractivity contribution in [3.8, 4) is 0 Å². The van der Waals surface area contributed by atoms with Crippen LogP contribution in [-0.2, 0) is 0 Å². The summed E-state index contributed by atoms with van der Waals surface area (Å²) in [4.78, 5) is 4.40. The Bertz CT molecular complexity index is 320. The summed E-state index contributed by atoms with van der Waals surface area (Å²) >= 11 is 0. The first-order valence-corrected chi connectivity index (χ1v) is 12.1. The van der Waals surface area contributed by atoms with Crippen molar-refractivity contribution < 1.29 is 0 Å². The summed E-state index contributed by atoms with van der Waals surface area (Å²) in [5.41, 5.74) is 6.09. The van der Waals surface area contributed by atoms with Gasteiger partial charge in [0.05, 0.1) is 8.07 Å². The van der Waals surface area contributed by atoms with Crippen LogP contribution in [0.5, 0.6) is 0 Å². The molecule has 0 heterocycles. The molecule has 0 amide bonds. The van der Waals surface area contributed by atoms with Crippen LogP contribution in [0.25, 0.3) is 0 Å². The zero-order valence-electron chi connectivity index (χ0n) is 18.6. The molecule has 0 fully saturated rings. The fourth-order valence-electron chi connectivity index (χ4n) is 3.19. The number of hydrogen-bond donors (Lipinski definition) is 1. The SMILES string of the molecule is CN(C)CC(C)(C)C[Si](C)(C)C(C)(C)C.CN(C)CC(C)(C)N. The van der Waals surface area contributed by atoms with Crippen molar-refractivity contribution in [1.82, 2.24) is 9.80 Å². The lowest BCUT2D eigenvalue weighted by molar-refractivity contribution is 0.259. The van der Waals surface area contributed by atoms with Gasteiger partial charge in [-0.15, -0.1) is 0 Å². The molecule has 0 aliphatic carbocycles. The van der Waals surface area contributed by atoms with Crippen LogP contribution in [-0.4, -0.2) is 64.7 Å². The number of hydrogen-bond acceptors (Lipinski definition) is 3. The van der Waals surface area contributed by atoms with Gasteiger partial charge in [0.15, 0.2) is 0 Å². The second kappa shape index (κ2) is 8.98. The molecule has 0 rings (SSSR count). The fourth-order valence-corrected chi connectivity index (χ4v) is 6.22. The Hall–Kier alpha value is 0.0969. The molecule has 0 aromatic rings. The zero-order valence-corrected chi connectivity index (χ0v) is 19.6. The molecule has 0 spiro atoms. The maximum atomic E-state index is 5.69. The highest BCUT2D eigenvalue weighted by molar-refractivity contribution is 6.80. The molecular formula is C19H47N3Si. The first kappa shape index (κ1) is 25.3. The molecule has 142 valence electrons. The van der Waals surface area contributed by atoms with E-state index in [0.29, 0.717) is 10.5 Å². The molecule has 0 radical (unpaired) electrons. The Labute approximate surface area is 149 Å². The maximum Gasteiger partial charge on any atom is 0.0533 e. The molecule has 0 bridgehead atoms. The van der Waals surface area contributed by atoms with Gasteiger partial charge in [0.2, 0.25) is 0 Å². The molecule has 0 aliphatic heterocycles. The van der Waals surface area contributed by atoms with E-state index in [9.17, 15) is 0 Å². The maximum absolute atomic E-state index is 5.69. The van der Waals surface area contributed by atoms with Crippen molar-refractivity contribution in [3.63, 3.8) is 0 Å². The van der Waals surface area contributed by atoms with Crippen molar-refractivity contribution in [2.24, 2.45) is 11.1 Å². The monoisotopic (exact) mass is 345 g/mol. The van der Waals surface area contributed by atoms with Gasteiger partial charge in [0.1, 0.15) is 0 Å². The second-order valence-corrected chi connectivity index (χ2v) is 16.6. The second-order valence-electron chi connectivity index (χ2n) is 10.9. The summed E-state index contributed by atoms with van der Waals surface area (Å²) < 4.78 is 0. The minimum absolute atomic E-state index is 0.0521. The normalized spacial score (nSPS) is 14.1. The molecule has 2 N–H and O–H groups in total. The Balaban J connectivity index is 0. The Morgan fingerprint density at radius 3 is 1.26 bits per heavy atom. The topological polar surface area (TPSA) is 32.5 Å². The lowest BCUT2D eigenvalue weighted by Gasteiger charge is -2.43. The third-order valence-corrected chi connectivity index (χ3v) is 10.3. The van der Waals surface area contributed by atoms with Gasteiger partial charge in [-0.3, -0.25) is 0 Å². The number of nitrogens with two attached hydrogens (primary N) is 1. The van der Waals surface area contributed by atoms with Gasteiger partial charge < -0.3 is 15.5 Å². The Kier molecular flexibility index (Phi) is 9.89. The molecule has 23 heavy (non-hydrogen) atoms. The predicted molar refractivity (Wildman–Crippen MR) is 111 cm³/mol. The molecule has 3 nitrogen and oxygen atoms in total. The van der Waals surface area contributed by atoms with Gasteiger partial charge in [-0.1, -0.05) is 53.8 Å². The summed E-state index contributed by atoms with van der Waals surface area (Å²) in [5.74, 6) is 0. The van der Waals surface area contributed by atoms with Gasteiger partial charge in [-0.2, -0.15) is 0 Å². The lowest BCUT2D eigenvalue weighted by Crippen LogP contribution is -2.43. The first-order valence-electron chi connectivity index (χ1n) is 8.87. The standard InChI is InChI=1S/C13H31NSi.C6H16N2/c1-12(2,3)15(8,9)11-13(4,5)10-14(6)7;1-6(2,7)5-8(3)4/h10-11H2,1-9H3;5,7H2,1-4H3. The van der Waals surface area contributed by atoms with Crippen LogP contribution in [0.1, 0.15) is 48.5 Å². The fraction of sp³-hybridized carbons (Fsp3) is 1.00. The largest absolute Gasteiger partial charge is 0.324 e. The van der Waals surface area contributed by atoms with Gasteiger partial charge in [-0.25, -0.2) is 0 Å². The summed E-state index contributed by atoms with van der Waals surface area (Å²) in [5, 5.41) is 0.510. The van der Waals surface area contributed by atoms with E-state index in [-0.39, 0.29) is 5.54 Å². The van der Waals surface area contributed by atoms with E-state index in [0.717, 1.165) is 6.54 Å². The third kappa shape index (κ3) is 14.2. The van der Waals surface area contributed by atoms with Crippen molar-refractivity contribution in [2.45, 2.75) is 78.2 Å². The van der Waals surface area contributed by atoms with Gasteiger partial charge >= 0.3 is 0 Å². The van der Waals surface area contributed by atoms with E-state index in [1.807, 2.05) is 27.9 Å². The van der Waals surface area contributed by atoms with Crippen LogP contribution in [0, 0.1) is 5.41 Å². The Morgan fingerprint density at radius 2 is 1.09 bits per heavy atom. The zero-order chi connectivity index (χ0) is 19.3. The van der Waals surface area contributed by atoms with E-state index >= 15 is 0 Å². The molecular weight excluding hydrogens is 298 g/mol. The molecule has 0 atom stereocenters. The van der Waals surface area contributed by atoms with E-state index in [1.54, 1.807) is 0 Å².